The van der Waals surface area contributed by atoms with Crippen LogP contribution in [-0.4, -0.2) is 32.9 Å². The number of fused-ring (bicyclic) bond motifs is 1. The Morgan fingerprint density at radius 2 is 2.32 bits per heavy atom. The van der Waals surface area contributed by atoms with E-state index in [1.54, 1.807) is 0 Å². The minimum absolute atomic E-state index is 0.659. The standard InChI is InChI=1S/C16H23NO2/c1-13(2)12-18-10-8-17-7-5-14-3-4-16-15(11-14)6-9-19-16/h3-4,11,17H,1,5-10,12H2,2H3. The van der Waals surface area contributed by atoms with Crippen LogP contribution in [0, 0.1) is 0 Å². The van der Waals surface area contributed by atoms with Crippen molar-refractivity contribution in [3.05, 3.63) is 41.5 Å². The quantitative estimate of drug-likeness (QED) is 0.575. The Morgan fingerprint density at radius 1 is 1.42 bits per heavy atom. The van der Waals surface area contributed by atoms with Gasteiger partial charge in [-0.1, -0.05) is 24.3 Å². The molecule has 1 aromatic rings. The van der Waals surface area contributed by atoms with Crippen molar-refractivity contribution in [2.75, 3.05) is 32.9 Å². The van der Waals surface area contributed by atoms with E-state index in [1.165, 1.54) is 11.1 Å². The molecule has 1 heterocycles. The molecule has 1 aliphatic rings. The van der Waals surface area contributed by atoms with Gasteiger partial charge in [-0.15, -0.1) is 0 Å². The van der Waals surface area contributed by atoms with E-state index >= 15 is 0 Å². The molecule has 19 heavy (non-hydrogen) atoms. The fraction of sp³-hybridized carbons (Fsp3) is 0.500. The average Bonchev–Trinajstić information content (AvgIpc) is 2.84. The molecule has 1 aliphatic heterocycles. The average molecular weight is 261 g/mol. The number of hydrogen-bond acceptors (Lipinski definition) is 3. The molecule has 0 unspecified atom stereocenters. The van der Waals surface area contributed by atoms with Gasteiger partial charge in [0.1, 0.15) is 5.75 Å². The lowest BCUT2D eigenvalue weighted by Gasteiger charge is -2.07. The van der Waals surface area contributed by atoms with Gasteiger partial charge in [0, 0.05) is 13.0 Å². The summed E-state index contributed by atoms with van der Waals surface area (Å²) in [5.41, 5.74) is 3.79. The predicted octanol–water partition coefficient (Wildman–Crippen LogP) is 2.35. The van der Waals surface area contributed by atoms with Crippen molar-refractivity contribution in [1.29, 1.82) is 0 Å². The van der Waals surface area contributed by atoms with Crippen LogP contribution in [0.2, 0.25) is 0 Å². The second kappa shape index (κ2) is 7.31. The van der Waals surface area contributed by atoms with Crippen LogP contribution in [0.1, 0.15) is 18.1 Å². The zero-order valence-corrected chi connectivity index (χ0v) is 11.7. The number of benzene rings is 1. The Labute approximate surface area is 115 Å². The Bertz CT molecular complexity index is 429. The van der Waals surface area contributed by atoms with E-state index < -0.39 is 0 Å². The number of ether oxygens (including phenoxy) is 2. The third-order valence-corrected chi connectivity index (χ3v) is 3.12. The molecule has 0 aliphatic carbocycles. The van der Waals surface area contributed by atoms with Crippen molar-refractivity contribution in [1.82, 2.24) is 5.32 Å². The fourth-order valence-corrected chi connectivity index (χ4v) is 2.14. The highest BCUT2D eigenvalue weighted by Crippen LogP contribution is 2.25. The molecular formula is C16H23NO2. The SMILES string of the molecule is C=C(C)COCCNCCc1ccc2c(c1)CCO2. The van der Waals surface area contributed by atoms with Crippen molar-refractivity contribution in [3.63, 3.8) is 0 Å². The smallest absolute Gasteiger partial charge is 0.122 e. The maximum absolute atomic E-state index is 5.50. The van der Waals surface area contributed by atoms with E-state index in [1.807, 2.05) is 6.92 Å². The van der Waals surface area contributed by atoms with Crippen molar-refractivity contribution in [2.24, 2.45) is 0 Å². The summed E-state index contributed by atoms with van der Waals surface area (Å²) in [7, 11) is 0. The van der Waals surface area contributed by atoms with Gasteiger partial charge in [0.05, 0.1) is 19.8 Å². The first kappa shape index (κ1) is 14.1. The van der Waals surface area contributed by atoms with Crippen LogP contribution >= 0.6 is 0 Å². The number of hydrogen-bond donors (Lipinski definition) is 1. The van der Waals surface area contributed by atoms with E-state index in [0.29, 0.717) is 6.61 Å². The first-order valence-corrected chi connectivity index (χ1v) is 6.93. The van der Waals surface area contributed by atoms with Crippen LogP contribution in [0.5, 0.6) is 5.75 Å². The molecule has 2 rings (SSSR count). The molecule has 104 valence electrons. The molecule has 0 aromatic heterocycles. The topological polar surface area (TPSA) is 30.5 Å². The highest BCUT2D eigenvalue weighted by molar-refractivity contribution is 5.39. The predicted molar refractivity (Wildman–Crippen MR) is 77.8 cm³/mol. The molecule has 1 N–H and O–H groups in total. The van der Waals surface area contributed by atoms with E-state index in [4.69, 9.17) is 9.47 Å². The molecule has 1 aromatic carbocycles. The van der Waals surface area contributed by atoms with Crippen molar-refractivity contribution >= 4 is 0 Å². The van der Waals surface area contributed by atoms with Gasteiger partial charge in [0.25, 0.3) is 0 Å². The van der Waals surface area contributed by atoms with Crippen LogP contribution in [0.15, 0.2) is 30.4 Å². The highest BCUT2D eigenvalue weighted by Gasteiger charge is 2.11. The lowest BCUT2D eigenvalue weighted by molar-refractivity contribution is 0.158. The van der Waals surface area contributed by atoms with E-state index in [-0.39, 0.29) is 0 Å². The molecule has 3 heteroatoms. The third-order valence-electron chi connectivity index (χ3n) is 3.12. The summed E-state index contributed by atoms with van der Waals surface area (Å²) < 4.78 is 10.9. The summed E-state index contributed by atoms with van der Waals surface area (Å²) >= 11 is 0. The van der Waals surface area contributed by atoms with Crippen LogP contribution in [0.3, 0.4) is 0 Å². The maximum atomic E-state index is 5.50. The van der Waals surface area contributed by atoms with Crippen LogP contribution in [-0.2, 0) is 17.6 Å². The molecule has 3 nitrogen and oxygen atoms in total. The molecule has 0 saturated carbocycles. The zero-order chi connectivity index (χ0) is 13.5. The van der Waals surface area contributed by atoms with Gasteiger partial charge in [-0.25, -0.2) is 0 Å². The van der Waals surface area contributed by atoms with Gasteiger partial charge < -0.3 is 14.8 Å². The van der Waals surface area contributed by atoms with Gasteiger partial charge in [0.15, 0.2) is 0 Å². The molecule has 0 atom stereocenters. The Balaban J connectivity index is 1.59. The molecule has 0 amide bonds. The summed E-state index contributed by atoms with van der Waals surface area (Å²) in [4.78, 5) is 0. The normalized spacial score (nSPS) is 13.1. The minimum atomic E-state index is 0.659. The second-order valence-electron chi connectivity index (χ2n) is 5.05. The molecule has 0 bridgehead atoms. The van der Waals surface area contributed by atoms with Gasteiger partial charge in [-0.3, -0.25) is 0 Å². The highest BCUT2D eigenvalue weighted by atomic mass is 16.5. The first-order chi connectivity index (χ1) is 9.25. The molecule has 0 spiro atoms. The van der Waals surface area contributed by atoms with Crippen LogP contribution in [0.25, 0.3) is 0 Å². The fourth-order valence-electron chi connectivity index (χ4n) is 2.14. The Morgan fingerprint density at radius 3 is 3.16 bits per heavy atom. The van der Waals surface area contributed by atoms with Crippen molar-refractivity contribution in [2.45, 2.75) is 19.8 Å². The summed E-state index contributed by atoms with van der Waals surface area (Å²) in [5.74, 6) is 1.06. The first-order valence-electron chi connectivity index (χ1n) is 6.93. The monoisotopic (exact) mass is 261 g/mol. The summed E-state index contributed by atoms with van der Waals surface area (Å²) in [6, 6.07) is 6.51. The number of rotatable bonds is 8. The van der Waals surface area contributed by atoms with E-state index in [0.717, 1.165) is 50.5 Å². The largest absolute Gasteiger partial charge is 0.493 e. The molecule has 0 saturated heterocycles. The molecular weight excluding hydrogens is 238 g/mol. The van der Waals surface area contributed by atoms with Crippen LogP contribution in [0.4, 0.5) is 0 Å². The van der Waals surface area contributed by atoms with Gasteiger partial charge in [-0.05, 0) is 37.1 Å². The van der Waals surface area contributed by atoms with Gasteiger partial charge in [-0.2, -0.15) is 0 Å². The van der Waals surface area contributed by atoms with Gasteiger partial charge in [0.2, 0.25) is 0 Å². The lowest BCUT2D eigenvalue weighted by atomic mass is 10.1. The zero-order valence-electron chi connectivity index (χ0n) is 11.7. The summed E-state index contributed by atoms with van der Waals surface area (Å²) in [6.45, 7) is 9.88. The molecule has 0 fully saturated rings. The van der Waals surface area contributed by atoms with E-state index in [9.17, 15) is 0 Å². The summed E-state index contributed by atoms with van der Waals surface area (Å²) in [5, 5.41) is 3.39. The summed E-state index contributed by atoms with van der Waals surface area (Å²) in [6.07, 6.45) is 2.10. The Hall–Kier alpha value is -1.32. The second-order valence-corrected chi connectivity index (χ2v) is 5.05. The van der Waals surface area contributed by atoms with Crippen molar-refractivity contribution < 1.29 is 9.47 Å². The van der Waals surface area contributed by atoms with Gasteiger partial charge >= 0.3 is 0 Å². The van der Waals surface area contributed by atoms with E-state index in [2.05, 4.69) is 30.1 Å². The minimum Gasteiger partial charge on any atom is -0.493 e. The molecule has 0 radical (unpaired) electrons. The third kappa shape index (κ3) is 4.69. The maximum Gasteiger partial charge on any atom is 0.122 e. The Kier molecular flexibility index (Phi) is 5.43. The number of nitrogens with one attached hydrogen (secondary N) is 1. The van der Waals surface area contributed by atoms with Crippen LogP contribution < -0.4 is 10.1 Å². The lowest BCUT2D eigenvalue weighted by Crippen LogP contribution is -2.22. The van der Waals surface area contributed by atoms with Crippen molar-refractivity contribution in [3.8, 4) is 5.75 Å².